The fraction of sp³-hybridized carbons (Fsp3) is 0.368. The number of hydrogen-bond donors (Lipinski definition) is 2. The number of carbonyl (C=O) groups is 4. The van der Waals surface area contributed by atoms with Gasteiger partial charge in [0.1, 0.15) is 13.2 Å². The maximum Gasteiger partial charge on any atom is 0.333 e. The molecule has 0 rings (SSSR count). The fourth-order valence-electron chi connectivity index (χ4n) is 1.13. The molecule has 0 aliphatic rings. The third-order valence-corrected chi connectivity index (χ3v) is 2.87. The van der Waals surface area contributed by atoms with Gasteiger partial charge >= 0.3 is 11.9 Å². The number of esters is 2. The number of nitrogens with two attached hydrogens (primary N) is 2. The number of amides is 2. The lowest BCUT2D eigenvalue weighted by Crippen LogP contribution is -2.14. The van der Waals surface area contributed by atoms with Crippen LogP contribution in [0.5, 0.6) is 0 Å². The first kappa shape index (κ1) is 26.1. The number of primary amides is 2. The highest BCUT2D eigenvalue weighted by molar-refractivity contribution is 5.92. The van der Waals surface area contributed by atoms with Crippen molar-refractivity contribution in [3.63, 3.8) is 0 Å². The van der Waals surface area contributed by atoms with Crippen LogP contribution < -0.4 is 11.5 Å². The largest absolute Gasteiger partial charge is 0.459 e. The molecule has 0 aromatic heterocycles. The zero-order valence-electron chi connectivity index (χ0n) is 16.3. The Kier molecular flexibility index (Phi) is 13.6. The van der Waals surface area contributed by atoms with E-state index in [1.807, 2.05) is 0 Å². The highest BCUT2D eigenvalue weighted by Gasteiger charge is 2.05. The first-order valence-electron chi connectivity index (χ1n) is 7.98. The van der Waals surface area contributed by atoms with Crippen molar-refractivity contribution < 1.29 is 28.7 Å². The summed E-state index contributed by atoms with van der Waals surface area (Å²) in [6.07, 6.45) is 3.78. The zero-order valence-corrected chi connectivity index (χ0v) is 16.3. The van der Waals surface area contributed by atoms with E-state index in [0.29, 0.717) is 28.7 Å². The molecule has 8 nitrogen and oxygen atoms in total. The molecule has 0 aromatic carbocycles. The number of rotatable bonds is 9. The first-order valence-corrected chi connectivity index (χ1v) is 7.98. The van der Waals surface area contributed by atoms with E-state index in [9.17, 15) is 19.2 Å². The van der Waals surface area contributed by atoms with Gasteiger partial charge in [-0.1, -0.05) is 25.3 Å². The molecule has 27 heavy (non-hydrogen) atoms. The van der Waals surface area contributed by atoms with Gasteiger partial charge < -0.3 is 20.9 Å². The van der Waals surface area contributed by atoms with Gasteiger partial charge in [0.2, 0.25) is 11.8 Å². The third kappa shape index (κ3) is 14.9. The van der Waals surface area contributed by atoms with E-state index in [4.69, 9.17) is 11.5 Å². The van der Waals surface area contributed by atoms with Gasteiger partial charge in [-0.15, -0.1) is 0 Å². The van der Waals surface area contributed by atoms with Gasteiger partial charge in [0.15, 0.2) is 0 Å². The highest BCUT2D eigenvalue weighted by Crippen LogP contribution is 1.99. The maximum atomic E-state index is 10.8. The van der Waals surface area contributed by atoms with Gasteiger partial charge in [-0.25, -0.2) is 9.59 Å². The second-order valence-electron chi connectivity index (χ2n) is 5.57. The van der Waals surface area contributed by atoms with E-state index in [1.54, 1.807) is 39.8 Å². The number of hydrogen-bond acceptors (Lipinski definition) is 6. The van der Waals surface area contributed by atoms with E-state index >= 15 is 0 Å². The van der Waals surface area contributed by atoms with Crippen LogP contribution in [-0.4, -0.2) is 37.0 Å². The molecule has 0 unspecified atom stereocenters. The number of allylic oxidation sites excluding steroid dienone is 2. The average molecular weight is 380 g/mol. The van der Waals surface area contributed by atoms with Crippen molar-refractivity contribution in [1.29, 1.82) is 0 Å². The molecule has 0 fully saturated rings. The standard InChI is InChI=1S/C10H14O4.C9H14N2O2/c1-7(2)9(11)13-5-6-14-10(12)8(3)4;1-6(8(10)12)4-3-5-7(2)9(11)13/h1,3,5-6H2,2,4H3;4-5H,3H2,1-2H3,(H2,10,12)(H2,11,13). The van der Waals surface area contributed by atoms with Crippen molar-refractivity contribution in [2.45, 2.75) is 34.1 Å². The average Bonchev–Trinajstić information content (AvgIpc) is 2.57. The fourth-order valence-corrected chi connectivity index (χ4v) is 1.13. The molecule has 2 amide bonds. The molecule has 150 valence electrons. The summed E-state index contributed by atoms with van der Waals surface area (Å²) in [5, 5.41) is 0. The van der Waals surface area contributed by atoms with E-state index in [0.717, 1.165) is 0 Å². The van der Waals surface area contributed by atoms with E-state index in [1.165, 1.54) is 0 Å². The van der Waals surface area contributed by atoms with Crippen molar-refractivity contribution >= 4 is 23.8 Å². The van der Waals surface area contributed by atoms with Crippen LogP contribution in [0.2, 0.25) is 0 Å². The topological polar surface area (TPSA) is 139 Å². The Bertz CT molecular complexity index is 603. The zero-order chi connectivity index (χ0) is 21.6. The molecule has 0 atom stereocenters. The molecule has 0 spiro atoms. The highest BCUT2D eigenvalue weighted by atomic mass is 16.6. The Morgan fingerprint density at radius 2 is 1.04 bits per heavy atom. The molecular weight excluding hydrogens is 352 g/mol. The summed E-state index contributed by atoms with van der Waals surface area (Å²) >= 11 is 0. The molecule has 0 bridgehead atoms. The molecule has 0 aliphatic heterocycles. The Morgan fingerprint density at radius 3 is 1.26 bits per heavy atom. The summed E-state index contributed by atoms with van der Waals surface area (Å²) < 4.78 is 9.38. The van der Waals surface area contributed by atoms with Crippen molar-refractivity contribution in [1.82, 2.24) is 0 Å². The van der Waals surface area contributed by atoms with Crippen LogP contribution in [-0.2, 0) is 28.7 Å². The van der Waals surface area contributed by atoms with Crippen molar-refractivity contribution in [3.05, 3.63) is 47.6 Å². The van der Waals surface area contributed by atoms with Crippen LogP contribution in [0.3, 0.4) is 0 Å². The molecule has 0 radical (unpaired) electrons. The third-order valence-electron chi connectivity index (χ3n) is 2.87. The van der Waals surface area contributed by atoms with E-state index < -0.39 is 23.8 Å². The SMILES string of the molecule is C=C(C)C(=O)OCCOC(=O)C(=C)C.CC(=CCC=C(C)C(N)=O)C(N)=O. The van der Waals surface area contributed by atoms with Crippen LogP contribution in [0.1, 0.15) is 34.1 Å². The van der Waals surface area contributed by atoms with Gasteiger partial charge in [-0.05, 0) is 34.1 Å². The van der Waals surface area contributed by atoms with Gasteiger partial charge in [0.25, 0.3) is 0 Å². The van der Waals surface area contributed by atoms with Crippen LogP contribution >= 0.6 is 0 Å². The lowest BCUT2D eigenvalue weighted by atomic mass is 10.2. The van der Waals surface area contributed by atoms with Crippen molar-refractivity contribution in [2.24, 2.45) is 11.5 Å². The van der Waals surface area contributed by atoms with Crippen LogP contribution in [0.25, 0.3) is 0 Å². The summed E-state index contributed by atoms with van der Waals surface area (Å²) in [5.41, 5.74) is 11.6. The molecule has 0 saturated carbocycles. The predicted molar refractivity (Wildman–Crippen MR) is 102 cm³/mol. The van der Waals surface area contributed by atoms with Gasteiger partial charge in [-0.2, -0.15) is 0 Å². The van der Waals surface area contributed by atoms with Gasteiger partial charge in [0.05, 0.1) is 0 Å². The predicted octanol–water partition coefficient (Wildman–Crippen LogP) is 1.46. The van der Waals surface area contributed by atoms with Crippen LogP contribution in [0.15, 0.2) is 47.6 Å². The summed E-state index contributed by atoms with van der Waals surface area (Å²) in [6.45, 7) is 13.2. The Morgan fingerprint density at radius 1 is 0.741 bits per heavy atom. The van der Waals surface area contributed by atoms with E-state index in [2.05, 4.69) is 22.6 Å². The van der Waals surface area contributed by atoms with Crippen molar-refractivity contribution in [3.8, 4) is 0 Å². The summed E-state index contributed by atoms with van der Waals surface area (Å²) in [6, 6.07) is 0. The molecule has 4 N–H and O–H groups in total. The maximum absolute atomic E-state index is 10.8. The Balaban J connectivity index is 0. The van der Waals surface area contributed by atoms with Crippen molar-refractivity contribution in [2.75, 3.05) is 13.2 Å². The molecule has 0 saturated heterocycles. The molecule has 0 aromatic rings. The van der Waals surface area contributed by atoms with Gasteiger partial charge in [-0.3, -0.25) is 9.59 Å². The quantitative estimate of drug-likeness (QED) is 0.353. The molecule has 8 heteroatoms. The first-order chi connectivity index (χ1) is 12.4. The minimum absolute atomic E-state index is 0.0325. The minimum Gasteiger partial charge on any atom is -0.459 e. The minimum atomic E-state index is -0.489. The lowest BCUT2D eigenvalue weighted by molar-refractivity contribution is -0.147. The number of ether oxygens (including phenoxy) is 2. The van der Waals surface area contributed by atoms with Crippen LogP contribution in [0.4, 0.5) is 0 Å². The lowest BCUT2D eigenvalue weighted by Gasteiger charge is -2.05. The van der Waals surface area contributed by atoms with E-state index in [-0.39, 0.29) is 13.2 Å². The second kappa shape index (κ2) is 14.1. The summed E-state index contributed by atoms with van der Waals surface area (Å²) in [5.74, 6) is -1.89. The summed E-state index contributed by atoms with van der Waals surface area (Å²) in [4.78, 5) is 42.8. The monoisotopic (exact) mass is 380 g/mol. The van der Waals surface area contributed by atoms with Gasteiger partial charge in [0, 0.05) is 22.3 Å². The van der Waals surface area contributed by atoms with Crippen LogP contribution in [0, 0.1) is 0 Å². The molecular formula is C19H28N2O6. The second-order valence-corrected chi connectivity index (χ2v) is 5.57. The molecule has 0 aliphatic carbocycles. The smallest absolute Gasteiger partial charge is 0.333 e. The molecule has 0 heterocycles. The normalized spacial score (nSPS) is 10.8. The summed E-state index contributed by atoms with van der Waals surface area (Å²) in [7, 11) is 0. The number of carbonyl (C=O) groups excluding carboxylic acids is 4. The Hall–Kier alpha value is -3.16. The Labute approximate surface area is 159 Å².